The molecule has 0 saturated heterocycles. The summed E-state index contributed by atoms with van der Waals surface area (Å²) in [6, 6.07) is 13.6. The average Bonchev–Trinajstić information content (AvgIpc) is 3.03. The van der Waals surface area contributed by atoms with Crippen molar-refractivity contribution in [3.63, 3.8) is 0 Å². The largest absolute Gasteiger partial charge is 0.454 e. The molecule has 3 rings (SSSR count). The molecule has 1 aliphatic rings. The molecule has 0 aliphatic carbocycles. The summed E-state index contributed by atoms with van der Waals surface area (Å²) in [6.45, 7) is 3.19. The average molecular weight is 312 g/mol. The highest BCUT2D eigenvalue weighted by molar-refractivity contribution is 5.92. The van der Waals surface area contributed by atoms with Gasteiger partial charge >= 0.3 is 0 Å². The van der Waals surface area contributed by atoms with Crippen LogP contribution in [0.25, 0.3) is 0 Å². The van der Waals surface area contributed by atoms with E-state index in [1.165, 1.54) is 0 Å². The normalized spacial score (nSPS) is 12.2. The molecule has 0 fully saturated rings. The fourth-order valence-electron chi connectivity index (χ4n) is 2.52. The van der Waals surface area contributed by atoms with Crippen LogP contribution in [0.1, 0.15) is 18.1 Å². The van der Waals surface area contributed by atoms with Gasteiger partial charge in [-0.15, -0.1) is 0 Å². The monoisotopic (exact) mass is 312 g/mol. The van der Waals surface area contributed by atoms with Crippen LogP contribution < -0.4 is 20.1 Å². The van der Waals surface area contributed by atoms with Gasteiger partial charge in [0.2, 0.25) is 12.7 Å². The smallest absolute Gasteiger partial charge is 0.238 e. The third kappa shape index (κ3) is 3.81. The zero-order valence-electron chi connectivity index (χ0n) is 13.1. The zero-order valence-corrected chi connectivity index (χ0v) is 13.1. The third-order valence-electron chi connectivity index (χ3n) is 3.72. The summed E-state index contributed by atoms with van der Waals surface area (Å²) in [5.41, 5.74) is 3.07. The van der Waals surface area contributed by atoms with Crippen LogP contribution in [0.4, 0.5) is 5.69 Å². The van der Waals surface area contributed by atoms with Crippen molar-refractivity contribution < 1.29 is 14.3 Å². The van der Waals surface area contributed by atoms with Crippen molar-refractivity contribution in [2.45, 2.75) is 19.9 Å². The molecule has 0 aromatic heterocycles. The minimum absolute atomic E-state index is 0.0494. The molecule has 1 heterocycles. The van der Waals surface area contributed by atoms with Gasteiger partial charge in [0.05, 0.1) is 6.54 Å². The number of carbonyl (C=O) groups is 1. The van der Waals surface area contributed by atoms with Crippen molar-refractivity contribution in [3.8, 4) is 11.5 Å². The van der Waals surface area contributed by atoms with Crippen LogP contribution in [0.15, 0.2) is 42.5 Å². The SMILES string of the molecule is CCc1ccccc1NC(=O)CNCc1ccc2c(c1)OCO2. The molecule has 0 bridgehead atoms. The number of amides is 1. The van der Waals surface area contributed by atoms with E-state index in [2.05, 4.69) is 17.6 Å². The number of hydrogen-bond donors (Lipinski definition) is 2. The Hall–Kier alpha value is -2.53. The summed E-state index contributed by atoms with van der Waals surface area (Å²) >= 11 is 0. The highest BCUT2D eigenvalue weighted by Crippen LogP contribution is 2.32. The number of fused-ring (bicyclic) bond motifs is 1. The van der Waals surface area contributed by atoms with E-state index in [0.717, 1.165) is 34.7 Å². The molecule has 0 atom stereocenters. The van der Waals surface area contributed by atoms with Crippen molar-refractivity contribution in [2.75, 3.05) is 18.7 Å². The van der Waals surface area contributed by atoms with Gasteiger partial charge in [-0.05, 0) is 35.7 Å². The maximum Gasteiger partial charge on any atom is 0.238 e. The van der Waals surface area contributed by atoms with Gasteiger partial charge in [-0.1, -0.05) is 31.2 Å². The highest BCUT2D eigenvalue weighted by atomic mass is 16.7. The minimum Gasteiger partial charge on any atom is -0.454 e. The molecule has 0 spiro atoms. The number of aryl methyl sites for hydroxylation is 1. The lowest BCUT2D eigenvalue weighted by Crippen LogP contribution is -2.28. The Morgan fingerprint density at radius 1 is 1.13 bits per heavy atom. The Balaban J connectivity index is 1.49. The number of carbonyl (C=O) groups excluding carboxylic acids is 1. The molecular formula is C18H20N2O3. The highest BCUT2D eigenvalue weighted by Gasteiger charge is 2.13. The number of nitrogens with one attached hydrogen (secondary N) is 2. The Kier molecular flexibility index (Phi) is 4.78. The molecule has 2 aromatic rings. The first-order valence-corrected chi connectivity index (χ1v) is 7.73. The van der Waals surface area contributed by atoms with Crippen molar-refractivity contribution in [1.29, 1.82) is 0 Å². The van der Waals surface area contributed by atoms with Gasteiger partial charge in [-0.25, -0.2) is 0 Å². The fourth-order valence-corrected chi connectivity index (χ4v) is 2.52. The molecule has 0 unspecified atom stereocenters. The summed E-state index contributed by atoms with van der Waals surface area (Å²) in [5, 5.41) is 6.09. The zero-order chi connectivity index (χ0) is 16.1. The molecule has 0 saturated carbocycles. The van der Waals surface area contributed by atoms with Gasteiger partial charge in [-0.3, -0.25) is 4.79 Å². The molecule has 120 valence electrons. The number of hydrogen-bond acceptors (Lipinski definition) is 4. The minimum atomic E-state index is -0.0494. The van der Waals surface area contributed by atoms with E-state index in [4.69, 9.17) is 9.47 Å². The summed E-state index contributed by atoms with van der Waals surface area (Å²) in [7, 11) is 0. The molecule has 5 nitrogen and oxygen atoms in total. The van der Waals surface area contributed by atoms with Crippen molar-refractivity contribution >= 4 is 11.6 Å². The van der Waals surface area contributed by atoms with Gasteiger partial charge in [0.15, 0.2) is 11.5 Å². The van der Waals surface area contributed by atoms with E-state index in [1.54, 1.807) is 0 Å². The van der Waals surface area contributed by atoms with Crippen LogP contribution >= 0.6 is 0 Å². The van der Waals surface area contributed by atoms with E-state index < -0.39 is 0 Å². The number of rotatable bonds is 6. The lowest BCUT2D eigenvalue weighted by atomic mass is 10.1. The molecule has 5 heteroatoms. The number of anilines is 1. The quantitative estimate of drug-likeness (QED) is 0.861. The fraction of sp³-hybridized carbons (Fsp3) is 0.278. The van der Waals surface area contributed by atoms with Gasteiger partial charge < -0.3 is 20.1 Å². The summed E-state index contributed by atoms with van der Waals surface area (Å²) < 4.78 is 10.6. The summed E-state index contributed by atoms with van der Waals surface area (Å²) in [6.07, 6.45) is 0.890. The van der Waals surface area contributed by atoms with Crippen LogP contribution in [-0.2, 0) is 17.8 Å². The van der Waals surface area contributed by atoms with E-state index in [-0.39, 0.29) is 19.2 Å². The Morgan fingerprint density at radius 3 is 2.83 bits per heavy atom. The summed E-state index contributed by atoms with van der Waals surface area (Å²) in [4.78, 5) is 12.0. The first kappa shape index (κ1) is 15.4. The lowest BCUT2D eigenvalue weighted by molar-refractivity contribution is -0.115. The van der Waals surface area contributed by atoms with Crippen LogP contribution in [0.2, 0.25) is 0 Å². The number of benzene rings is 2. The Labute approximate surface area is 135 Å². The first-order chi connectivity index (χ1) is 11.3. The van der Waals surface area contributed by atoms with Crippen molar-refractivity contribution in [1.82, 2.24) is 5.32 Å². The molecular weight excluding hydrogens is 292 g/mol. The van der Waals surface area contributed by atoms with E-state index in [9.17, 15) is 4.79 Å². The molecule has 2 N–H and O–H groups in total. The van der Waals surface area contributed by atoms with Crippen LogP contribution in [0.3, 0.4) is 0 Å². The maximum atomic E-state index is 12.0. The van der Waals surface area contributed by atoms with E-state index in [0.29, 0.717) is 6.54 Å². The molecule has 23 heavy (non-hydrogen) atoms. The van der Waals surface area contributed by atoms with Crippen LogP contribution in [0.5, 0.6) is 11.5 Å². The predicted molar refractivity (Wildman–Crippen MR) is 88.7 cm³/mol. The van der Waals surface area contributed by atoms with Gasteiger partial charge in [0.25, 0.3) is 0 Å². The van der Waals surface area contributed by atoms with Crippen LogP contribution in [-0.4, -0.2) is 19.2 Å². The predicted octanol–water partition coefficient (Wildman–Crippen LogP) is 2.71. The Morgan fingerprint density at radius 2 is 1.96 bits per heavy atom. The lowest BCUT2D eigenvalue weighted by Gasteiger charge is -2.10. The number of ether oxygens (including phenoxy) is 2. The Bertz CT molecular complexity index is 700. The van der Waals surface area contributed by atoms with Crippen LogP contribution in [0, 0.1) is 0 Å². The van der Waals surface area contributed by atoms with Crippen molar-refractivity contribution in [3.05, 3.63) is 53.6 Å². The van der Waals surface area contributed by atoms with Gasteiger partial charge in [-0.2, -0.15) is 0 Å². The maximum absolute atomic E-state index is 12.0. The van der Waals surface area contributed by atoms with E-state index >= 15 is 0 Å². The van der Waals surface area contributed by atoms with E-state index in [1.807, 2.05) is 42.5 Å². The standard InChI is InChI=1S/C18H20N2O3/c1-2-14-5-3-4-6-15(14)20-18(21)11-19-10-13-7-8-16-17(9-13)23-12-22-16/h3-9,19H,2,10-12H2,1H3,(H,20,21). The second-order valence-electron chi connectivity index (χ2n) is 5.35. The molecule has 1 aliphatic heterocycles. The second-order valence-corrected chi connectivity index (χ2v) is 5.35. The second kappa shape index (κ2) is 7.15. The molecule has 2 aromatic carbocycles. The topological polar surface area (TPSA) is 59.6 Å². The molecule has 1 amide bonds. The van der Waals surface area contributed by atoms with Crippen molar-refractivity contribution in [2.24, 2.45) is 0 Å². The molecule has 0 radical (unpaired) electrons. The van der Waals surface area contributed by atoms with Gasteiger partial charge in [0, 0.05) is 12.2 Å². The number of para-hydroxylation sites is 1. The first-order valence-electron chi connectivity index (χ1n) is 7.73. The van der Waals surface area contributed by atoms with Gasteiger partial charge in [0.1, 0.15) is 0 Å². The summed E-state index contributed by atoms with van der Waals surface area (Å²) in [5.74, 6) is 1.47. The third-order valence-corrected chi connectivity index (χ3v) is 3.72.